The molecule has 2 bridgehead atoms. The summed E-state index contributed by atoms with van der Waals surface area (Å²) in [5.41, 5.74) is 2.36. The number of nitrogens with zero attached hydrogens (tertiary/aromatic N) is 2. The monoisotopic (exact) mass is 224 g/mol. The van der Waals surface area contributed by atoms with E-state index in [1.165, 1.54) is 18.4 Å². The van der Waals surface area contributed by atoms with E-state index in [0.717, 1.165) is 18.5 Å². The Labute approximate surface area is 102 Å². The van der Waals surface area contributed by atoms with Gasteiger partial charge in [0.05, 0.1) is 6.07 Å². The number of rotatable bonds is 2. The maximum Gasteiger partial charge on any atom is 0.0944 e. The Morgan fingerprint density at radius 2 is 2.06 bits per heavy atom. The van der Waals surface area contributed by atoms with Crippen molar-refractivity contribution >= 4 is 0 Å². The quantitative estimate of drug-likeness (QED) is 0.772. The van der Waals surface area contributed by atoms with Crippen molar-refractivity contribution in [2.45, 2.75) is 37.9 Å². The van der Waals surface area contributed by atoms with Crippen LogP contribution in [-0.2, 0) is 6.54 Å². The van der Waals surface area contributed by atoms with Gasteiger partial charge >= 0.3 is 0 Å². The van der Waals surface area contributed by atoms with Crippen molar-refractivity contribution in [3.8, 4) is 6.07 Å². The Kier molecular flexibility index (Phi) is 2.70. The van der Waals surface area contributed by atoms with E-state index in [0.29, 0.717) is 12.1 Å². The van der Waals surface area contributed by atoms with Gasteiger partial charge in [-0.2, -0.15) is 5.26 Å². The van der Waals surface area contributed by atoms with E-state index < -0.39 is 0 Å². The Hall–Kier alpha value is -1.59. The molecule has 2 nitrogen and oxygen atoms in total. The van der Waals surface area contributed by atoms with Crippen LogP contribution in [0, 0.1) is 11.3 Å². The highest BCUT2D eigenvalue weighted by atomic mass is 15.2. The fraction of sp³-hybridized carbons (Fsp3) is 0.400. The minimum atomic E-state index is 0.489. The highest BCUT2D eigenvalue weighted by molar-refractivity contribution is 5.29. The smallest absolute Gasteiger partial charge is 0.0944 e. The van der Waals surface area contributed by atoms with Gasteiger partial charge in [-0.3, -0.25) is 4.90 Å². The van der Waals surface area contributed by atoms with Crippen molar-refractivity contribution < 1.29 is 0 Å². The summed E-state index contributed by atoms with van der Waals surface area (Å²) in [5.74, 6) is 0. The summed E-state index contributed by atoms with van der Waals surface area (Å²) in [6.07, 6.45) is 5.56. The molecule has 1 aromatic carbocycles. The molecular formula is C15H16N2. The first-order valence-corrected chi connectivity index (χ1v) is 6.27. The highest BCUT2D eigenvalue weighted by Crippen LogP contribution is 2.35. The molecule has 1 saturated heterocycles. The first-order valence-electron chi connectivity index (χ1n) is 6.27. The molecule has 0 saturated carbocycles. The molecule has 2 atom stereocenters. The Bertz CT molecular complexity index is 469. The Morgan fingerprint density at radius 3 is 2.76 bits per heavy atom. The molecule has 0 spiro atoms. The van der Waals surface area contributed by atoms with Crippen LogP contribution in [0.25, 0.3) is 0 Å². The third-order valence-corrected chi connectivity index (χ3v) is 3.89. The lowest BCUT2D eigenvalue weighted by molar-refractivity contribution is 0.197. The molecule has 0 aliphatic carbocycles. The summed E-state index contributed by atoms with van der Waals surface area (Å²) in [5, 5.41) is 8.99. The zero-order chi connectivity index (χ0) is 11.7. The minimum Gasteiger partial charge on any atom is -0.289 e. The molecule has 17 heavy (non-hydrogen) atoms. The van der Waals surface area contributed by atoms with Gasteiger partial charge in [0.15, 0.2) is 0 Å². The van der Waals surface area contributed by atoms with Gasteiger partial charge in [-0.15, -0.1) is 0 Å². The molecule has 2 unspecified atom stereocenters. The maximum atomic E-state index is 8.99. The molecule has 2 heteroatoms. The van der Waals surface area contributed by atoms with Gasteiger partial charge in [-0.25, -0.2) is 0 Å². The standard InChI is InChI=1S/C15H16N2/c16-10-13-8-14-6-7-15(9-13)17(14)11-12-4-2-1-3-5-12/h1-5,8,14-15H,6-7,9,11H2. The van der Waals surface area contributed by atoms with Crippen molar-refractivity contribution in [3.63, 3.8) is 0 Å². The summed E-state index contributed by atoms with van der Waals surface area (Å²) < 4.78 is 0. The van der Waals surface area contributed by atoms with Crippen LogP contribution in [0.2, 0.25) is 0 Å². The SMILES string of the molecule is N#CC1=CC2CCC(C1)N2Cc1ccccc1. The first kappa shape index (κ1) is 10.6. The van der Waals surface area contributed by atoms with Gasteiger partial charge in [0, 0.05) is 24.2 Å². The molecule has 86 valence electrons. The van der Waals surface area contributed by atoms with Crippen LogP contribution < -0.4 is 0 Å². The average Bonchev–Trinajstić information content (AvgIpc) is 2.63. The van der Waals surface area contributed by atoms with Gasteiger partial charge in [-0.1, -0.05) is 36.4 Å². The fourth-order valence-electron chi connectivity index (χ4n) is 3.04. The van der Waals surface area contributed by atoms with Crippen LogP contribution in [0.15, 0.2) is 42.0 Å². The first-order chi connectivity index (χ1) is 8.36. The van der Waals surface area contributed by atoms with Gasteiger partial charge < -0.3 is 0 Å². The number of nitriles is 1. The molecule has 3 rings (SSSR count). The zero-order valence-electron chi connectivity index (χ0n) is 9.84. The van der Waals surface area contributed by atoms with Crippen molar-refractivity contribution in [3.05, 3.63) is 47.5 Å². The fourth-order valence-corrected chi connectivity index (χ4v) is 3.04. The summed E-state index contributed by atoms with van der Waals surface area (Å²) >= 11 is 0. The van der Waals surface area contributed by atoms with Gasteiger partial charge in [0.2, 0.25) is 0 Å². The predicted octanol–water partition coefficient (Wildman–Crippen LogP) is 2.87. The van der Waals surface area contributed by atoms with Gasteiger partial charge in [0.1, 0.15) is 0 Å². The van der Waals surface area contributed by atoms with Gasteiger partial charge in [0.25, 0.3) is 0 Å². The summed E-state index contributed by atoms with van der Waals surface area (Å²) in [6, 6.07) is 14.0. The summed E-state index contributed by atoms with van der Waals surface area (Å²) in [6.45, 7) is 1.02. The van der Waals surface area contributed by atoms with Crippen LogP contribution in [-0.4, -0.2) is 17.0 Å². The summed E-state index contributed by atoms with van der Waals surface area (Å²) in [7, 11) is 0. The van der Waals surface area contributed by atoms with E-state index in [1.807, 2.05) is 0 Å². The zero-order valence-corrected chi connectivity index (χ0v) is 9.84. The second kappa shape index (κ2) is 4.35. The molecule has 0 N–H and O–H groups in total. The van der Waals surface area contributed by atoms with Crippen LogP contribution >= 0.6 is 0 Å². The van der Waals surface area contributed by atoms with E-state index in [4.69, 9.17) is 5.26 Å². The Morgan fingerprint density at radius 1 is 1.24 bits per heavy atom. The van der Waals surface area contributed by atoms with Crippen LogP contribution in [0.4, 0.5) is 0 Å². The van der Waals surface area contributed by atoms with E-state index in [2.05, 4.69) is 47.4 Å². The molecule has 1 aromatic rings. The number of benzene rings is 1. The van der Waals surface area contributed by atoms with E-state index in [1.54, 1.807) is 0 Å². The van der Waals surface area contributed by atoms with E-state index >= 15 is 0 Å². The molecule has 2 aliphatic heterocycles. The lowest BCUT2D eigenvalue weighted by Crippen LogP contribution is -2.37. The van der Waals surface area contributed by atoms with Gasteiger partial charge in [-0.05, 0) is 24.8 Å². The molecule has 1 fully saturated rings. The minimum absolute atomic E-state index is 0.489. The second-order valence-corrected chi connectivity index (χ2v) is 4.96. The van der Waals surface area contributed by atoms with Crippen LogP contribution in [0.3, 0.4) is 0 Å². The molecule has 0 aromatic heterocycles. The normalized spacial score (nSPS) is 27.6. The van der Waals surface area contributed by atoms with Crippen molar-refractivity contribution in [1.82, 2.24) is 4.90 Å². The van der Waals surface area contributed by atoms with Crippen LogP contribution in [0.5, 0.6) is 0 Å². The topological polar surface area (TPSA) is 27.0 Å². The lowest BCUT2D eigenvalue weighted by atomic mass is 10.0. The van der Waals surface area contributed by atoms with Crippen molar-refractivity contribution in [2.75, 3.05) is 0 Å². The number of fused-ring (bicyclic) bond motifs is 2. The maximum absolute atomic E-state index is 8.99. The Balaban J connectivity index is 1.79. The molecule has 2 heterocycles. The molecular weight excluding hydrogens is 208 g/mol. The largest absolute Gasteiger partial charge is 0.289 e. The van der Waals surface area contributed by atoms with E-state index in [-0.39, 0.29) is 0 Å². The lowest BCUT2D eigenvalue weighted by Gasteiger charge is -2.32. The highest BCUT2D eigenvalue weighted by Gasteiger charge is 2.36. The molecule has 2 aliphatic rings. The van der Waals surface area contributed by atoms with Crippen molar-refractivity contribution in [1.29, 1.82) is 5.26 Å². The molecule has 0 radical (unpaired) electrons. The van der Waals surface area contributed by atoms with Crippen molar-refractivity contribution in [2.24, 2.45) is 0 Å². The average molecular weight is 224 g/mol. The predicted molar refractivity (Wildman–Crippen MR) is 67.1 cm³/mol. The van der Waals surface area contributed by atoms with E-state index in [9.17, 15) is 0 Å². The second-order valence-electron chi connectivity index (χ2n) is 4.96. The third kappa shape index (κ3) is 1.99. The molecule has 0 amide bonds. The third-order valence-electron chi connectivity index (χ3n) is 3.89. The number of hydrogen-bond donors (Lipinski definition) is 0. The number of hydrogen-bond acceptors (Lipinski definition) is 2. The summed E-state index contributed by atoms with van der Waals surface area (Å²) in [4.78, 5) is 2.55. The van der Waals surface area contributed by atoms with Crippen LogP contribution in [0.1, 0.15) is 24.8 Å².